The summed E-state index contributed by atoms with van der Waals surface area (Å²) in [6.45, 7) is 0.144. The predicted octanol–water partition coefficient (Wildman–Crippen LogP) is 3.55. The molecule has 4 aromatic rings. The Bertz CT molecular complexity index is 1200. The Hall–Kier alpha value is -3.51. The SMILES string of the molecule is O=C1c2ccccc2C(O)(c2ccc3nc[nH]c3c2)N1Cc1ccc(F)cc1. The van der Waals surface area contributed by atoms with E-state index >= 15 is 0 Å². The number of halogens is 1. The van der Waals surface area contributed by atoms with E-state index in [-0.39, 0.29) is 18.3 Å². The number of rotatable bonds is 3. The molecule has 28 heavy (non-hydrogen) atoms. The van der Waals surface area contributed by atoms with Crippen molar-refractivity contribution < 1.29 is 14.3 Å². The third-order valence-electron chi connectivity index (χ3n) is 5.25. The largest absolute Gasteiger partial charge is 0.363 e. The number of aliphatic hydroxyl groups is 1. The molecule has 1 aliphatic heterocycles. The summed E-state index contributed by atoms with van der Waals surface area (Å²) >= 11 is 0. The van der Waals surface area contributed by atoms with Gasteiger partial charge in [0.05, 0.1) is 17.4 Å². The van der Waals surface area contributed by atoms with Crippen LogP contribution in [0.25, 0.3) is 11.0 Å². The van der Waals surface area contributed by atoms with Gasteiger partial charge in [0, 0.05) is 23.2 Å². The molecule has 0 aliphatic carbocycles. The number of imidazole rings is 1. The average Bonchev–Trinajstić information content (AvgIpc) is 3.27. The molecule has 1 aliphatic rings. The lowest BCUT2D eigenvalue weighted by Gasteiger charge is -2.35. The Balaban J connectivity index is 1.67. The van der Waals surface area contributed by atoms with E-state index < -0.39 is 5.72 Å². The first-order chi connectivity index (χ1) is 13.6. The van der Waals surface area contributed by atoms with Crippen molar-refractivity contribution in [2.45, 2.75) is 12.3 Å². The highest BCUT2D eigenvalue weighted by atomic mass is 19.1. The first-order valence-electron chi connectivity index (χ1n) is 8.89. The maximum atomic E-state index is 13.3. The Morgan fingerprint density at radius 2 is 1.86 bits per heavy atom. The van der Waals surface area contributed by atoms with Crippen LogP contribution < -0.4 is 0 Å². The second kappa shape index (κ2) is 6.00. The van der Waals surface area contributed by atoms with Crippen LogP contribution in [0.5, 0.6) is 0 Å². The van der Waals surface area contributed by atoms with Crippen molar-refractivity contribution in [1.82, 2.24) is 14.9 Å². The number of amides is 1. The van der Waals surface area contributed by atoms with Crippen LogP contribution in [0.15, 0.2) is 73.1 Å². The van der Waals surface area contributed by atoms with Crippen molar-refractivity contribution in [3.8, 4) is 0 Å². The highest BCUT2D eigenvalue weighted by molar-refractivity contribution is 6.00. The molecule has 5 nitrogen and oxygen atoms in total. The van der Waals surface area contributed by atoms with E-state index in [1.54, 1.807) is 60.9 Å². The molecule has 3 aromatic carbocycles. The number of nitrogens with one attached hydrogen (secondary N) is 1. The van der Waals surface area contributed by atoms with Crippen LogP contribution in [-0.2, 0) is 12.3 Å². The van der Waals surface area contributed by atoms with Crippen molar-refractivity contribution in [2.24, 2.45) is 0 Å². The quantitative estimate of drug-likeness (QED) is 0.577. The topological polar surface area (TPSA) is 69.2 Å². The molecule has 2 N–H and O–H groups in total. The van der Waals surface area contributed by atoms with E-state index in [0.29, 0.717) is 16.7 Å². The number of hydrogen-bond acceptors (Lipinski definition) is 3. The van der Waals surface area contributed by atoms with E-state index in [1.807, 2.05) is 0 Å². The third kappa shape index (κ3) is 2.35. The molecule has 1 atom stereocenters. The molecule has 5 rings (SSSR count). The van der Waals surface area contributed by atoms with Gasteiger partial charge in [-0.1, -0.05) is 36.4 Å². The fraction of sp³-hybridized carbons (Fsp3) is 0.0909. The van der Waals surface area contributed by atoms with Gasteiger partial charge in [-0.05, 0) is 35.9 Å². The zero-order valence-corrected chi connectivity index (χ0v) is 14.8. The van der Waals surface area contributed by atoms with Crippen LogP contribution in [0.2, 0.25) is 0 Å². The first-order valence-corrected chi connectivity index (χ1v) is 8.89. The molecule has 1 amide bonds. The number of fused-ring (bicyclic) bond motifs is 2. The summed E-state index contributed by atoms with van der Waals surface area (Å²) < 4.78 is 13.3. The predicted molar refractivity (Wildman–Crippen MR) is 102 cm³/mol. The van der Waals surface area contributed by atoms with E-state index in [9.17, 15) is 14.3 Å². The van der Waals surface area contributed by atoms with Crippen molar-refractivity contribution >= 4 is 16.9 Å². The third-order valence-corrected chi connectivity index (χ3v) is 5.25. The summed E-state index contributed by atoms with van der Waals surface area (Å²) in [6, 6.07) is 18.3. The first kappa shape index (κ1) is 16.6. The van der Waals surface area contributed by atoms with Gasteiger partial charge >= 0.3 is 0 Å². The van der Waals surface area contributed by atoms with Gasteiger partial charge in [-0.25, -0.2) is 9.37 Å². The summed E-state index contributed by atoms with van der Waals surface area (Å²) in [6.07, 6.45) is 1.59. The van der Waals surface area contributed by atoms with Crippen molar-refractivity contribution in [2.75, 3.05) is 0 Å². The number of H-pyrrole nitrogens is 1. The Morgan fingerprint density at radius 1 is 1.07 bits per heavy atom. The number of aromatic nitrogens is 2. The average molecular weight is 373 g/mol. The van der Waals surface area contributed by atoms with Crippen molar-refractivity contribution in [1.29, 1.82) is 0 Å². The van der Waals surface area contributed by atoms with Crippen molar-refractivity contribution in [3.05, 3.63) is 101 Å². The lowest BCUT2D eigenvalue weighted by atomic mass is 9.93. The van der Waals surface area contributed by atoms with E-state index in [0.717, 1.165) is 16.6 Å². The zero-order valence-electron chi connectivity index (χ0n) is 14.8. The van der Waals surface area contributed by atoms with Crippen LogP contribution in [-0.4, -0.2) is 25.9 Å². The normalized spacial score (nSPS) is 18.6. The molecular formula is C22H16FN3O2. The van der Waals surface area contributed by atoms with Crippen molar-refractivity contribution in [3.63, 3.8) is 0 Å². The number of hydrogen-bond donors (Lipinski definition) is 2. The second-order valence-electron chi connectivity index (χ2n) is 6.87. The monoisotopic (exact) mass is 373 g/mol. The summed E-state index contributed by atoms with van der Waals surface area (Å²) in [5.41, 5.74) is 2.17. The van der Waals surface area contributed by atoms with Gasteiger partial charge < -0.3 is 10.1 Å². The standard InChI is InChI=1S/C22H16FN3O2/c23-16-8-5-14(6-9-16)12-26-21(27)17-3-1-2-4-18(17)22(26,28)15-7-10-19-20(11-15)25-13-24-19/h1-11,13,28H,12H2,(H,24,25). The molecule has 138 valence electrons. The lowest BCUT2D eigenvalue weighted by molar-refractivity contribution is -0.0542. The second-order valence-corrected chi connectivity index (χ2v) is 6.87. The highest BCUT2D eigenvalue weighted by Crippen LogP contribution is 2.43. The fourth-order valence-electron chi connectivity index (χ4n) is 3.83. The number of nitrogens with zero attached hydrogens (tertiary/aromatic N) is 2. The molecule has 0 saturated heterocycles. The minimum absolute atomic E-state index is 0.144. The van der Waals surface area contributed by atoms with Crippen LogP contribution in [0.1, 0.15) is 27.0 Å². The molecule has 0 saturated carbocycles. The number of carbonyl (C=O) groups is 1. The van der Waals surface area contributed by atoms with Crippen LogP contribution >= 0.6 is 0 Å². The maximum Gasteiger partial charge on any atom is 0.257 e. The zero-order chi connectivity index (χ0) is 19.3. The van der Waals surface area contributed by atoms with Gasteiger partial charge in [-0.2, -0.15) is 0 Å². The van der Waals surface area contributed by atoms with Gasteiger partial charge in [0.2, 0.25) is 0 Å². The molecule has 0 bridgehead atoms. The van der Waals surface area contributed by atoms with Gasteiger partial charge in [-0.15, -0.1) is 0 Å². The minimum atomic E-state index is -1.64. The molecule has 6 heteroatoms. The number of aromatic amines is 1. The molecule has 1 unspecified atom stereocenters. The Morgan fingerprint density at radius 3 is 2.68 bits per heavy atom. The highest BCUT2D eigenvalue weighted by Gasteiger charge is 2.49. The van der Waals surface area contributed by atoms with E-state index in [4.69, 9.17) is 0 Å². The van der Waals surface area contributed by atoms with Gasteiger partial charge in [-0.3, -0.25) is 9.69 Å². The molecule has 0 fully saturated rings. The lowest BCUT2D eigenvalue weighted by Crippen LogP contribution is -2.44. The summed E-state index contributed by atoms with van der Waals surface area (Å²) in [7, 11) is 0. The molecular weight excluding hydrogens is 357 g/mol. The van der Waals surface area contributed by atoms with Gasteiger partial charge in [0.15, 0.2) is 5.72 Å². The maximum absolute atomic E-state index is 13.3. The fourth-order valence-corrected chi connectivity index (χ4v) is 3.83. The molecule has 0 spiro atoms. The number of carbonyl (C=O) groups excluding carboxylic acids is 1. The van der Waals surface area contributed by atoms with E-state index in [1.165, 1.54) is 17.0 Å². The van der Waals surface area contributed by atoms with Crippen LogP contribution in [0, 0.1) is 5.82 Å². The molecule has 0 radical (unpaired) electrons. The summed E-state index contributed by atoms with van der Waals surface area (Å²) in [5, 5.41) is 11.9. The van der Waals surface area contributed by atoms with Crippen LogP contribution in [0.3, 0.4) is 0 Å². The van der Waals surface area contributed by atoms with Gasteiger partial charge in [0.1, 0.15) is 5.82 Å². The molecule has 2 heterocycles. The Kier molecular flexibility index (Phi) is 3.57. The summed E-state index contributed by atoms with van der Waals surface area (Å²) in [5.74, 6) is -0.619. The van der Waals surface area contributed by atoms with E-state index in [2.05, 4.69) is 9.97 Å². The Labute approximate surface area is 160 Å². The smallest absolute Gasteiger partial charge is 0.257 e. The number of benzene rings is 3. The van der Waals surface area contributed by atoms with Crippen LogP contribution in [0.4, 0.5) is 4.39 Å². The molecule has 1 aromatic heterocycles. The summed E-state index contributed by atoms with van der Waals surface area (Å²) in [4.78, 5) is 21.8. The minimum Gasteiger partial charge on any atom is -0.363 e. The van der Waals surface area contributed by atoms with Gasteiger partial charge in [0.25, 0.3) is 5.91 Å².